The van der Waals surface area contributed by atoms with Crippen molar-refractivity contribution in [1.82, 2.24) is 25.1 Å². The summed E-state index contributed by atoms with van der Waals surface area (Å²) in [7, 11) is 3.08. The van der Waals surface area contributed by atoms with Crippen LogP contribution < -0.4 is 4.74 Å². The zero-order valence-electron chi connectivity index (χ0n) is 15.1. The minimum Gasteiger partial charge on any atom is -0.494 e. The first-order valence-corrected chi connectivity index (χ1v) is 8.42. The molecule has 1 heterocycles. The number of carbonyl (C=O) groups is 1. The van der Waals surface area contributed by atoms with E-state index in [-0.39, 0.29) is 18.2 Å². The van der Waals surface area contributed by atoms with Crippen LogP contribution in [0.3, 0.4) is 0 Å². The van der Waals surface area contributed by atoms with Crippen molar-refractivity contribution in [2.45, 2.75) is 19.0 Å². The van der Waals surface area contributed by atoms with Gasteiger partial charge in [0.2, 0.25) is 5.91 Å². The molecule has 1 aromatic heterocycles. The van der Waals surface area contributed by atoms with E-state index in [0.717, 1.165) is 5.56 Å². The highest BCUT2D eigenvalue weighted by molar-refractivity contribution is 5.80. The summed E-state index contributed by atoms with van der Waals surface area (Å²) in [5.41, 5.74) is 1.66. The Bertz CT molecular complexity index is 886. The molecule has 0 radical (unpaired) electrons. The fourth-order valence-electron chi connectivity index (χ4n) is 2.86. The first-order chi connectivity index (χ1) is 13.1. The zero-order chi connectivity index (χ0) is 19.2. The average molecular weight is 369 g/mol. The summed E-state index contributed by atoms with van der Waals surface area (Å²) in [6.45, 7) is 0.257. The lowest BCUT2D eigenvalue weighted by atomic mass is 10.0. The van der Waals surface area contributed by atoms with Crippen molar-refractivity contribution >= 4 is 5.91 Å². The first-order valence-electron chi connectivity index (χ1n) is 8.42. The lowest BCUT2D eigenvalue weighted by Gasteiger charge is -2.24. The van der Waals surface area contributed by atoms with Crippen molar-refractivity contribution in [3.63, 3.8) is 0 Å². The number of ether oxygens (including phenoxy) is 1. The Labute approximate surface area is 156 Å². The minimum absolute atomic E-state index is 0.164. The van der Waals surface area contributed by atoms with E-state index in [0.29, 0.717) is 12.0 Å². The summed E-state index contributed by atoms with van der Waals surface area (Å²) >= 11 is 0. The molecular formula is C19H20FN5O2. The molecule has 0 N–H and O–H groups in total. The van der Waals surface area contributed by atoms with Crippen LogP contribution in [0.4, 0.5) is 4.39 Å². The number of rotatable bonds is 7. The monoisotopic (exact) mass is 369 g/mol. The number of hydrogen-bond donors (Lipinski definition) is 0. The van der Waals surface area contributed by atoms with Crippen LogP contribution in [-0.2, 0) is 17.8 Å². The second-order valence-electron chi connectivity index (χ2n) is 6.16. The second kappa shape index (κ2) is 8.39. The van der Waals surface area contributed by atoms with Crippen LogP contribution in [0.15, 0.2) is 54.9 Å². The van der Waals surface area contributed by atoms with E-state index >= 15 is 0 Å². The predicted molar refractivity (Wildman–Crippen MR) is 96.4 cm³/mol. The van der Waals surface area contributed by atoms with Crippen LogP contribution in [-0.4, -0.2) is 45.2 Å². The SMILES string of the molecule is COc1ccc(CN(C)C(=O)C(Cc2ccccc2)n2cnnn2)cc1F. The molecule has 0 fully saturated rings. The van der Waals surface area contributed by atoms with Crippen molar-refractivity contribution < 1.29 is 13.9 Å². The number of amides is 1. The molecule has 0 saturated carbocycles. The number of nitrogens with zero attached hydrogens (tertiary/aromatic N) is 5. The highest BCUT2D eigenvalue weighted by atomic mass is 19.1. The van der Waals surface area contributed by atoms with Crippen LogP contribution in [0.25, 0.3) is 0 Å². The van der Waals surface area contributed by atoms with Crippen LogP contribution in [0.2, 0.25) is 0 Å². The van der Waals surface area contributed by atoms with Gasteiger partial charge in [-0.1, -0.05) is 36.4 Å². The fraction of sp³-hybridized carbons (Fsp3) is 0.263. The molecular weight excluding hydrogens is 349 g/mol. The third-order valence-electron chi connectivity index (χ3n) is 4.25. The van der Waals surface area contributed by atoms with Gasteiger partial charge in [0.25, 0.3) is 0 Å². The van der Waals surface area contributed by atoms with Crippen LogP contribution in [0, 0.1) is 5.82 Å². The van der Waals surface area contributed by atoms with Gasteiger partial charge in [-0.3, -0.25) is 4.79 Å². The summed E-state index contributed by atoms with van der Waals surface area (Å²) < 4.78 is 20.3. The summed E-state index contributed by atoms with van der Waals surface area (Å²) in [6, 6.07) is 13.7. The molecule has 3 aromatic rings. The summed E-state index contributed by atoms with van der Waals surface area (Å²) in [5, 5.41) is 11.2. The average Bonchev–Trinajstić information content (AvgIpc) is 3.21. The Morgan fingerprint density at radius 3 is 2.63 bits per heavy atom. The largest absolute Gasteiger partial charge is 0.494 e. The number of hydrogen-bond acceptors (Lipinski definition) is 5. The summed E-state index contributed by atoms with van der Waals surface area (Å²) in [4.78, 5) is 14.6. The highest BCUT2D eigenvalue weighted by Crippen LogP contribution is 2.20. The maximum atomic E-state index is 13.9. The zero-order valence-corrected chi connectivity index (χ0v) is 15.1. The smallest absolute Gasteiger partial charge is 0.247 e. The van der Waals surface area contributed by atoms with Gasteiger partial charge in [0.1, 0.15) is 12.4 Å². The maximum absolute atomic E-state index is 13.9. The quantitative estimate of drug-likeness (QED) is 0.639. The van der Waals surface area contributed by atoms with Crippen molar-refractivity contribution in [1.29, 1.82) is 0 Å². The molecule has 8 heteroatoms. The van der Waals surface area contributed by atoms with Gasteiger partial charge < -0.3 is 9.64 Å². The van der Waals surface area contributed by atoms with Crippen molar-refractivity contribution in [3.8, 4) is 5.75 Å². The molecule has 0 bridgehead atoms. The van der Waals surface area contributed by atoms with Crippen molar-refractivity contribution in [2.75, 3.05) is 14.2 Å². The molecule has 1 atom stereocenters. The predicted octanol–water partition coefficient (Wildman–Crippen LogP) is 2.26. The molecule has 27 heavy (non-hydrogen) atoms. The molecule has 0 spiro atoms. The molecule has 7 nitrogen and oxygen atoms in total. The van der Waals surface area contributed by atoms with Crippen LogP contribution in [0.5, 0.6) is 5.75 Å². The highest BCUT2D eigenvalue weighted by Gasteiger charge is 2.25. The Kier molecular flexibility index (Phi) is 5.75. The Morgan fingerprint density at radius 1 is 1.22 bits per heavy atom. The van der Waals surface area contributed by atoms with E-state index in [1.54, 1.807) is 19.2 Å². The lowest BCUT2D eigenvalue weighted by Crippen LogP contribution is -2.35. The third kappa shape index (κ3) is 4.46. The number of likely N-dealkylation sites (N-methyl/N-ethyl adjacent to an activating group) is 1. The van der Waals surface area contributed by atoms with Gasteiger partial charge in [0.05, 0.1) is 7.11 Å². The topological polar surface area (TPSA) is 73.1 Å². The molecule has 0 aliphatic heterocycles. The summed E-state index contributed by atoms with van der Waals surface area (Å²) in [6.07, 6.45) is 1.87. The van der Waals surface area contributed by atoms with E-state index in [2.05, 4.69) is 15.5 Å². The summed E-state index contributed by atoms with van der Waals surface area (Å²) in [5.74, 6) is -0.456. The van der Waals surface area contributed by atoms with Gasteiger partial charge in [-0.25, -0.2) is 9.07 Å². The van der Waals surface area contributed by atoms with Gasteiger partial charge in [0, 0.05) is 20.0 Å². The standard InChI is InChI=1S/C19H20FN5O2/c1-24(12-15-8-9-18(27-2)16(20)10-15)19(26)17(25-13-21-22-23-25)11-14-6-4-3-5-7-14/h3-10,13,17H,11-12H2,1-2H3. The van der Waals surface area contributed by atoms with E-state index < -0.39 is 11.9 Å². The van der Waals surface area contributed by atoms with Gasteiger partial charge in [-0.15, -0.1) is 5.10 Å². The van der Waals surface area contributed by atoms with Gasteiger partial charge in [-0.05, 0) is 33.7 Å². The number of halogens is 1. The maximum Gasteiger partial charge on any atom is 0.247 e. The van der Waals surface area contributed by atoms with E-state index in [4.69, 9.17) is 4.74 Å². The lowest BCUT2D eigenvalue weighted by molar-refractivity contribution is -0.134. The second-order valence-corrected chi connectivity index (χ2v) is 6.16. The van der Waals surface area contributed by atoms with Crippen molar-refractivity contribution in [2.24, 2.45) is 0 Å². The molecule has 1 unspecified atom stereocenters. The normalized spacial score (nSPS) is 11.8. The Morgan fingerprint density at radius 2 is 2.00 bits per heavy atom. The number of methoxy groups -OCH3 is 1. The number of tetrazole rings is 1. The number of benzene rings is 2. The Balaban J connectivity index is 1.77. The molecule has 3 rings (SSSR count). The van der Waals surface area contributed by atoms with Gasteiger partial charge in [-0.2, -0.15) is 0 Å². The van der Waals surface area contributed by atoms with E-state index in [1.807, 2.05) is 30.3 Å². The van der Waals surface area contributed by atoms with E-state index in [1.165, 1.54) is 29.1 Å². The first kappa shape index (κ1) is 18.5. The number of carbonyl (C=O) groups excluding carboxylic acids is 1. The van der Waals surface area contributed by atoms with Crippen LogP contribution in [0.1, 0.15) is 17.2 Å². The molecule has 0 aliphatic carbocycles. The van der Waals surface area contributed by atoms with Gasteiger partial charge in [0.15, 0.2) is 11.6 Å². The minimum atomic E-state index is -0.588. The fourth-order valence-corrected chi connectivity index (χ4v) is 2.86. The molecule has 0 aliphatic rings. The van der Waals surface area contributed by atoms with E-state index in [9.17, 15) is 9.18 Å². The molecule has 1 amide bonds. The van der Waals surface area contributed by atoms with Crippen molar-refractivity contribution in [3.05, 3.63) is 71.8 Å². The van der Waals surface area contributed by atoms with Gasteiger partial charge >= 0.3 is 0 Å². The molecule has 2 aromatic carbocycles. The van der Waals surface area contributed by atoms with Crippen LogP contribution >= 0.6 is 0 Å². The number of aromatic nitrogens is 4. The third-order valence-corrected chi connectivity index (χ3v) is 4.25. The molecule has 0 saturated heterocycles. The molecule has 140 valence electrons. The Hall–Kier alpha value is -3.29.